The second-order valence-corrected chi connectivity index (χ2v) is 4.97. The molecule has 1 aromatic heterocycles. The first-order chi connectivity index (χ1) is 8.66. The van der Waals surface area contributed by atoms with Crippen LogP contribution in [0.1, 0.15) is 12.3 Å². The molecule has 0 aliphatic carbocycles. The van der Waals surface area contributed by atoms with Gasteiger partial charge in [0.05, 0.1) is 5.75 Å². The lowest BCUT2D eigenvalue weighted by Gasteiger charge is -2.04. The number of carbonyl (C=O) groups is 1. The average Bonchev–Trinajstić information content (AvgIpc) is 2.76. The van der Waals surface area contributed by atoms with E-state index in [1.807, 2.05) is 24.3 Å². The first-order valence-corrected chi connectivity index (χ1v) is 6.73. The summed E-state index contributed by atoms with van der Waals surface area (Å²) in [7, 11) is 0. The van der Waals surface area contributed by atoms with Crippen LogP contribution < -0.4 is 5.73 Å². The molecule has 0 amide bonds. The van der Waals surface area contributed by atoms with Gasteiger partial charge in [0.25, 0.3) is 0 Å². The van der Waals surface area contributed by atoms with Crippen LogP contribution in [-0.4, -0.2) is 27.9 Å². The van der Waals surface area contributed by atoms with Crippen LogP contribution >= 0.6 is 11.8 Å². The molecule has 0 aliphatic rings. The standard InChI is InChI=1S/C12H14N2O3S/c13-8(12(15)16)5-6-18-7-11-14-9-3-1-2-4-10(9)17-11/h1-4,8H,5-7,13H2,(H,15,16). The third kappa shape index (κ3) is 3.24. The number of nitrogens with zero attached hydrogens (tertiary/aromatic N) is 1. The van der Waals surface area contributed by atoms with Gasteiger partial charge in [-0.2, -0.15) is 11.8 Å². The van der Waals surface area contributed by atoms with Gasteiger partial charge in [-0.25, -0.2) is 4.98 Å². The molecule has 1 atom stereocenters. The summed E-state index contributed by atoms with van der Waals surface area (Å²) in [5, 5.41) is 8.63. The van der Waals surface area contributed by atoms with Crippen LogP contribution in [0.5, 0.6) is 0 Å². The molecular formula is C12H14N2O3S. The molecule has 1 aromatic carbocycles. The summed E-state index contributed by atoms with van der Waals surface area (Å²) in [6, 6.07) is 6.79. The predicted molar refractivity (Wildman–Crippen MR) is 70.4 cm³/mol. The number of fused-ring (bicyclic) bond motifs is 1. The van der Waals surface area contributed by atoms with Gasteiger partial charge < -0.3 is 15.3 Å². The Kier molecular flexibility index (Phi) is 4.22. The van der Waals surface area contributed by atoms with Crippen LogP contribution in [0.15, 0.2) is 28.7 Å². The SMILES string of the molecule is NC(CCSCc1nc2ccccc2o1)C(=O)O. The Morgan fingerprint density at radius 3 is 3.00 bits per heavy atom. The van der Waals surface area contributed by atoms with Crippen LogP contribution in [0, 0.1) is 0 Å². The maximum atomic E-state index is 10.5. The number of aromatic nitrogens is 1. The van der Waals surface area contributed by atoms with Crippen molar-refractivity contribution in [3.63, 3.8) is 0 Å². The smallest absolute Gasteiger partial charge is 0.320 e. The molecule has 1 heterocycles. The largest absolute Gasteiger partial charge is 0.480 e. The van der Waals surface area contributed by atoms with E-state index in [2.05, 4.69) is 4.98 Å². The Hall–Kier alpha value is -1.53. The Bertz CT molecular complexity index is 508. The molecule has 0 aliphatic heterocycles. The Labute approximate surface area is 108 Å². The highest BCUT2D eigenvalue weighted by Gasteiger charge is 2.11. The quantitative estimate of drug-likeness (QED) is 0.776. The number of benzene rings is 1. The maximum absolute atomic E-state index is 10.5. The van der Waals surface area contributed by atoms with Gasteiger partial charge in [0.1, 0.15) is 11.6 Å². The molecule has 2 rings (SSSR count). The molecule has 18 heavy (non-hydrogen) atoms. The molecule has 6 heteroatoms. The van der Waals surface area contributed by atoms with Crippen LogP contribution in [0.2, 0.25) is 0 Å². The summed E-state index contributed by atoms with van der Waals surface area (Å²) < 4.78 is 5.54. The van der Waals surface area contributed by atoms with Gasteiger partial charge in [-0.1, -0.05) is 12.1 Å². The molecule has 5 nitrogen and oxygen atoms in total. The molecule has 0 bridgehead atoms. The summed E-state index contributed by atoms with van der Waals surface area (Å²) in [6.45, 7) is 0. The Morgan fingerprint density at radius 1 is 1.50 bits per heavy atom. The summed E-state index contributed by atoms with van der Waals surface area (Å²) in [5.41, 5.74) is 7.02. The zero-order chi connectivity index (χ0) is 13.0. The summed E-state index contributed by atoms with van der Waals surface area (Å²) in [6.07, 6.45) is 0.445. The van der Waals surface area contributed by atoms with Gasteiger partial charge in [0.2, 0.25) is 5.89 Å². The summed E-state index contributed by atoms with van der Waals surface area (Å²) >= 11 is 1.57. The fourth-order valence-corrected chi connectivity index (χ4v) is 2.34. The molecule has 0 saturated carbocycles. The van der Waals surface area contributed by atoms with Gasteiger partial charge in [-0.3, -0.25) is 4.79 Å². The first-order valence-electron chi connectivity index (χ1n) is 5.57. The molecule has 0 spiro atoms. The van der Waals surface area contributed by atoms with Crippen molar-refractivity contribution in [2.24, 2.45) is 5.73 Å². The highest BCUT2D eigenvalue weighted by atomic mass is 32.2. The van der Waals surface area contributed by atoms with Crippen molar-refractivity contribution in [3.05, 3.63) is 30.2 Å². The molecule has 96 valence electrons. The van der Waals surface area contributed by atoms with Crippen molar-refractivity contribution < 1.29 is 14.3 Å². The highest BCUT2D eigenvalue weighted by Crippen LogP contribution is 2.19. The minimum atomic E-state index is -0.961. The van der Waals surface area contributed by atoms with Gasteiger partial charge in [-0.05, 0) is 24.3 Å². The lowest BCUT2D eigenvalue weighted by atomic mass is 10.2. The molecule has 0 saturated heterocycles. The lowest BCUT2D eigenvalue weighted by Crippen LogP contribution is -2.30. The lowest BCUT2D eigenvalue weighted by molar-refractivity contribution is -0.138. The number of carboxylic acids is 1. The summed E-state index contributed by atoms with van der Waals surface area (Å²) in [5.74, 6) is 0.996. The van der Waals surface area contributed by atoms with Crippen molar-refractivity contribution in [1.82, 2.24) is 4.98 Å². The number of oxazole rings is 1. The monoisotopic (exact) mass is 266 g/mol. The molecular weight excluding hydrogens is 252 g/mol. The van der Waals surface area contributed by atoms with Gasteiger partial charge in [-0.15, -0.1) is 0 Å². The van der Waals surface area contributed by atoms with Crippen molar-refractivity contribution >= 4 is 28.8 Å². The van der Waals surface area contributed by atoms with Crippen LogP contribution in [0.25, 0.3) is 11.1 Å². The minimum Gasteiger partial charge on any atom is -0.480 e. The Morgan fingerprint density at radius 2 is 2.28 bits per heavy atom. The van der Waals surface area contributed by atoms with E-state index in [1.54, 1.807) is 11.8 Å². The number of hydrogen-bond donors (Lipinski definition) is 2. The molecule has 0 radical (unpaired) electrons. The van der Waals surface area contributed by atoms with E-state index in [9.17, 15) is 4.79 Å². The van der Waals surface area contributed by atoms with Crippen molar-refractivity contribution in [1.29, 1.82) is 0 Å². The van der Waals surface area contributed by atoms with E-state index in [0.29, 0.717) is 23.8 Å². The topological polar surface area (TPSA) is 89.4 Å². The molecule has 3 N–H and O–H groups in total. The van der Waals surface area contributed by atoms with Crippen LogP contribution in [0.4, 0.5) is 0 Å². The predicted octanol–water partition coefficient (Wildman–Crippen LogP) is 1.86. The molecule has 2 aromatic rings. The van der Waals surface area contributed by atoms with E-state index in [4.69, 9.17) is 15.3 Å². The third-order valence-electron chi connectivity index (χ3n) is 2.45. The number of hydrogen-bond acceptors (Lipinski definition) is 5. The van der Waals surface area contributed by atoms with Crippen LogP contribution in [-0.2, 0) is 10.5 Å². The fourth-order valence-electron chi connectivity index (χ4n) is 1.47. The van der Waals surface area contributed by atoms with E-state index in [0.717, 1.165) is 11.1 Å². The minimum absolute atomic E-state index is 0.445. The van der Waals surface area contributed by atoms with Crippen molar-refractivity contribution in [2.75, 3.05) is 5.75 Å². The number of nitrogens with two attached hydrogens (primary N) is 1. The fraction of sp³-hybridized carbons (Fsp3) is 0.333. The normalized spacial score (nSPS) is 12.7. The summed E-state index contributed by atoms with van der Waals surface area (Å²) in [4.78, 5) is 14.8. The van der Waals surface area contributed by atoms with E-state index in [-0.39, 0.29) is 0 Å². The third-order valence-corrected chi connectivity index (χ3v) is 3.43. The zero-order valence-electron chi connectivity index (χ0n) is 9.70. The van der Waals surface area contributed by atoms with Crippen molar-refractivity contribution in [3.8, 4) is 0 Å². The van der Waals surface area contributed by atoms with E-state index >= 15 is 0 Å². The second-order valence-electron chi connectivity index (χ2n) is 3.86. The maximum Gasteiger partial charge on any atom is 0.320 e. The molecule has 1 unspecified atom stereocenters. The first kappa shape index (κ1) is 12.9. The van der Waals surface area contributed by atoms with Gasteiger partial charge >= 0.3 is 5.97 Å². The number of para-hydroxylation sites is 2. The van der Waals surface area contributed by atoms with E-state index in [1.165, 1.54) is 0 Å². The van der Waals surface area contributed by atoms with Crippen LogP contribution in [0.3, 0.4) is 0 Å². The number of rotatable bonds is 6. The Balaban J connectivity index is 1.81. The van der Waals surface area contributed by atoms with Gasteiger partial charge in [0.15, 0.2) is 5.58 Å². The second kappa shape index (κ2) is 5.88. The van der Waals surface area contributed by atoms with E-state index < -0.39 is 12.0 Å². The highest BCUT2D eigenvalue weighted by molar-refractivity contribution is 7.98. The van der Waals surface area contributed by atoms with Gasteiger partial charge in [0, 0.05) is 0 Å². The number of aliphatic carboxylic acids is 1. The van der Waals surface area contributed by atoms with Crippen molar-refractivity contribution in [2.45, 2.75) is 18.2 Å². The zero-order valence-corrected chi connectivity index (χ0v) is 10.5. The molecule has 0 fully saturated rings. The average molecular weight is 266 g/mol. The number of thioether (sulfide) groups is 1. The number of carboxylic acid groups (broad SMARTS) is 1.